The Bertz CT molecular complexity index is 1310. The number of morpholine rings is 1. The normalized spacial score (nSPS) is 16.1. The molecule has 2 aromatic carbocycles. The number of halogens is 3. The number of hydrogen-bond acceptors (Lipinski definition) is 6. The highest BCUT2D eigenvalue weighted by Crippen LogP contribution is 2.24. The van der Waals surface area contributed by atoms with Gasteiger partial charge in [0.05, 0.1) is 55.3 Å². The van der Waals surface area contributed by atoms with Gasteiger partial charge < -0.3 is 9.64 Å². The largest absolute Gasteiger partial charge is 0.377 e. The number of carbonyl (C=O) groups is 1. The van der Waals surface area contributed by atoms with E-state index in [0.717, 1.165) is 16.9 Å². The summed E-state index contributed by atoms with van der Waals surface area (Å²) in [5, 5.41) is 16.0. The molecule has 34 heavy (non-hydrogen) atoms. The van der Waals surface area contributed by atoms with E-state index in [1.165, 1.54) is 40.6 Å². The summed E-state index contributed by atoms with van der Waals surface area (Å²) < 4.78 is 48.3. The molecule has 1 atom stereocenters. The van der Waals surface area contributed by atoms with Crippen LogP contribution in [0.2, 0.25) is 0 Å². The van der Waals surface area contributed by atoms with E-state index < -0.39 is 29.4 Å². The summed E-state index contributed by atoms with van der Waals surface area (Å²) in [6.07, 6.45) is 5.86. The van der Waals surface area contributed by atoms with E-state index >= 15 is 0 Å². The Kier molecular flexibility index (Phi) is 5.80. The van der Waals surface area contributed by atoms with Gasteiger partial charge in [-0.15, -0.1) is 0 Å². The lowest BCUT2D eigenvalue weighted by atomic mass is 10.0. The summed E-state index contributed by atoms with van der Waals surface area (Å²) in [5.74, 6) is -3.32. The molecule has 1 fully saturated rings. The average molecular weight is 469 g/mol. The number of benzene rings is 2. The van der Waals surface area contributed by atoms with Gasteiger partial charge in [-0.25, -0.2) is 13.2 Å². The van der Waals surface area contributed by atoms with Gasteiger partial charge in [0.1, 0.15) is 11.5 Å². The van der Waals surface area contributed by atoms with Crippen molar-refractivity contribution in [3.05, 3.63) is 83.7 Å². The number of nitrogens with zero attached hydrogens (tertiary/aromatic N) is 7. The summed E-state index contributed by atoms with van der Waals surface area (Å²) >= 11 is 0. The van der Waals surface area contributed by atoms with Gasteiger partial charge in [0.15, 0.2) is 11.6 Å². The van der Waals surface area contributed by atoms with Crippen molar-refractivity contribution in [2.45, 2.75) is 12.5 Å². The van der Waals surface area contributed by atoms with Crippen molar-refractivity contribution >= 4 is 5.91 Å². The second-order valence-electron chi connectivity index (χ2n) is 7.63. The lowest BCUT2D eigenvalue weighted by Gasteiger charge is -2.36. The van der Waals surface area contributed by atoms with E-state index in [0.29, 0.717) is 11.3 Å². The first-order valence-corrected chi connectivity index (χ1v) is 10.4. The Hall–Kier alpha value is -4.06. The van der Waals surface area contributed by atoms with E-state index in [-0.39, 0.29) is 37.4 Å². The maximum absolute atomic E-state index is 14.7. The number of aromatic nitrogens is 6. The zero-order valence-corrected chi connectivity index (χ0v) is 17.7. The molecule has 1 aliphatic heterocycles. The molecule has 0 aliphatic carbocycles. The third-order valence-electron chi connectivity index (χ3n) is 5.53. The van der Waals surface area contributed by atoms with Crippen LogP contribution in [0.15, 0.2) is 55.1 Å². The number of amides is 1. The second kappa shape index (κ2) is 9.06. The maximum atomic E-state index is 14.7. The molecule has 0 radical (unpaired) electrons. The van der Waals surface area contributed by atoms with E-state index in [2.05, 4.69) is 20.4 Å². The Morgan fingerprint density at radius 3 is 2.32 bits per heavy atom. The van der Waals surface area contributed by atoms with Crippen molar-refractivity contribution in [2.75, 3.05) is 19.8 Å². The third kappa shape index (κ3) is 4.15. The van der Waals surface area contributed by atoms with Crippen molar-refractivity contribution in [3.63, 3.8) is 0 Å². The lowest BCUT2D eigenvalue weighted by molar-refractivity contribution is -0.00188. The van der Waals surface area contributed by atoms with E-state index in [9.17, 15) is 18.0 Å². The third-order valence-corrected chi connectivity index (χ3v) is 5.53. The first-order valence-electron chi connectivity index (χ1n) is 10.4. The quantitative estimate of drug-likeness (QED) is 0.446. The SMILES string of the molecule is O=C(c1cc(F)c(F)cc1-n1nccn1)N1CCOCC1Cc1cc(-n2nccn2)ccc1F. The Balaban J connectivity index is 1.47. The van der Waals surface area contributed by atoms with Crippen LogP contribution >= 0.6 is 0 Å². The van der Waals surface area contributed by atoms with Gasteiger partial charge in [-0.2, -0.15) is 30.0 Å². The van der Waals surface area contributed by atoms with Crippen molar-refractivity contribution in [2.24, 2.45) is 0 Å². The van der Waals surface area contributed by atoms with Gasteiger partial charge in [-0.1, -0.05) is 0 Å². The van der Waals surface area contributed by atoms with Crippen LogP contribution in [0, 0.1) is 17.5 Å². The van der Waals surface area contributed by atoms with Crippen LogP contribution < -0.4 is 0 Å². The molecule has 1 saturated heterocycles. The molecule has 1 unspecified atom stereocenters. The zero-order chi connectivity index (χ0) is 23.7. The van der Waals surface area contributed by atoms with Crippen LogP contribution in [0.5, 0.6) is 0 Å². The van der Waals surface area contributed by atoms with Gasteiger partial charge in [-0.05, 0) is 36.2 Å². The fourth-order valence-corrected chi connectivity index (χ4v) is 3.90. The Labute approximate surface area is 191 Å². The fraction of sp³-hybridized carbons (Fsp3) is 0.227. The highest BCUT2D eigenvalue weighted by Gasteiger charge is 2.31. The summed E-state index contributed by atoms with van der Waals surface area (Å²) in [5.41, 5.74) is 0.778. The van der Waals surface area contributed by atoms with Gasteiger partial charge in [0, 0.05) is 12.6 Å². The van der Waals surface area contributed by atoms with Crippen LogP contribution in [0.1, 0.15) is 15.9 Å². The monoisotopic (exact) mass is 469 g/mol. The van der Waals surface area contributed by atoms with Crippen LogP contribution in [0.25, 0.3) is 11.4 Å². The van der Waals surface area contributed by atoms with Gasteiger partial charge >= 0.3 is 0 Å². The van der Waals surface area contributed by atoms with Gasteiger partial charge in [0.25, 0.3) is 5.91 Å². The topological polar surface area (TPSA) is 91.0 Å². The maximum Gasteiger partial charge on any atom is 0.256 e. The number of rotatable bonds is 5. The first kappa shape index (κ1) is 21.8. The van der Waals surface area contributed by atoms with Gasteiger partial charge in [-0.3, -0.25) is 4.79 Å². The smallest absolute Gasteiger partial charge is 0.256 e. The minimum absolute atomic E-state index is 0.00271. The van der Waals surface area contributed by atoms with Crippen molar-refractivity contribution in [1.29, 1.82) is 0 Å². The molecule has 0 spiro atoms. The molecule has 0 N–H and O–H groups in total. The summed E-state index contributed by atoms with van der Waals surface area (Å²) in [6, 6.07) is 5.60. The van der Waals surface area contributed by atoms with E-state index in [4.69, 9.17) is 4.74 Å². The highest BCUT2D eigenvalue weighted by atomic mass is 19.2. The first-order chi connectivity index (χ1) is 16.5. The molecule has 0 saturated carbocycles. The Morgan fingerprint density at radius 1 is 0.912 bits per heavy atom. The number of ether oxygens (including phenoxy) is 1. The lowest BCUT2D eigenvalue weighted by Crippen LogP contribution is -2.50. The minimum Gasteiger partial charge on any atom is -0.377 e. The molecule has 1 amide bonds. The summed E-state index contributed by atoms with van der Waals surface area (Å²) in [4.78, 5) is 17.4. The predicted octanol–water partition coefficient (Wildman–Crippen LogP) is 2.35. The molecular formula is C22H18F3N7O2. The van der Waals surface area contributed by atoms with Crippen molar-refractivity contribution in [1.82, 2.24) is 34.9 Å². The molecule has 174 valence electrons. The number of hydrogen-bond donors (Lipinski definition) is 0. The molecule has 12 heteroatoms. The molecular weight excluding hydrogens is 451 g/mol. The molecule has 4 aromatic rings. The summed E-state index contributed by atoms with van der Waals surface area (Å²) in [7, 11) is 0. The second-order valence-corrected chi connectivity index (χ2v) is 7.63. The van der Waals surface area contributed by atoms with Crippen LogP contribution in [-0.2, 0) is 11.2 Å². The highest BCUT2D eigenvalue weighted by molar-refractivity contribution is 5.98. The van der Waals surface area contributed by atoms with Crippen LogP contribution in [-0.4, -0.2) is 66.6 Å². The average Bonchev–Trinajstić information content (AvgIpc) is 3.57. The minimum atomic E-state index is -1.17. The van der Waals surface area contributed by atoms with Gasteiger partial charge in [0.2, 0.25) is 0 Å². The van der Waals surface area contributed by atoms with Crippen molar-refractivity contribution in [3.8, 4) is 11.4 Å². The molecule has 1 aliphatic rings. The zero-order valence-electron chi connectivity index (χ0n) is 17.7. The number of carbonyl (C=O) groups excluding carboxylic acids is 1. The summed E-state index contributed by atoms with van der Waals surface area (Å²) in [6.45, 7) is 0.589. The molecule has 9 nitrogen and oxygen atoms in total. The van der Waals surface area contributed by atoms with Crippen molar-refractivity contribution < 1.29 is 22.7 Å². The van der Waals surface area contributed by atoms with Crippen LogP contribution in [0.4, 0.5) is 13.2 Å². The predicted molar refractivity (Wildman–Crippen MR) is 112 cm³/mol. The van der Waals surface area contributed by atoms with E-state index in [1.807, 2.05) is 0 Å². The molecule has 2 aromatic heterocycles. The van der Waals surface area contributed by atoms with Crippen LogP contribution in [0.3, 0.4) is 0 Å². The molecule has 3 heterocycles. The van der Waals surface area contributed by atoms with E-state index in [1.54, 1.807) is 12.1 Å². The molecule has 5 rings (SSSR count). The Morgan fingerprint density at radius 2 is 1.59 bits per heavy atom. The molecule has 0 bridgehead atoms. The standard InChI is InChI=1S/C22H18F3N7O2/c23-18-2-1-15(31-26-3-4-27-31)9-14(18)10-16-13-34-8-7-30(16)22(33)17-11-19(24)20(25)12-21(17)32-28-5-6-29-32/h1-6,9,11-12,16H,7-8,10,13H2. The fourth-order valence-electron chi connectivity index (χ4n) is 3.90.